The number of methoxy groups -OCH3 is 1. The maximum atomic E-state index is 6.15. The standard InChI is InChI=1S/C17H21BO3/c1-12-11-17(2,3)21-18(20-12)15-9-5-8-14-13(15)7-6-10-16(14)19-4/h5-10,12H,11H2,1-4H3. The van der Waals surface area contributed by atoms with Crippen molar-refractivity contribution in [3.63, 3.8) is 0 Å². The molecule has 0 radical (unpaired) electrons. The Kier molecular flexibility index (Phi) is 3.68. The van der Waals surface area contributed by atoms with Crippen LogP contribution in [0.25, 0.3) is 10.8 Å². The van der Waals surface area contributed by atoms with Crippen molar-refractivity contribution >= 4 is 23.4 Å². The molecule has 0 N–H and O–H groups in total. The molecule has 1 unspecified atom stereocenters. The van der Waals surface area contributed by atoms with Crippen LogP contribution in [0.3, 0.4) is 0 Å². The number of hydrogen-bond acceptors (Lipinski definition) is 3. The first-order valence-corrected chi connectivity index (χ1v) is 7.39. The van der Waals surface area contributed by atoms with Crippen LogP contribution in [-0.4, -0.2) is 25.9 Å². The first kappa shape index (κ1) is 14.4. The molecule has 3 rings (SSSR count). The molecule has 1 heterocycles. The third-order valence-electron chi connectivity index (χ3n) is 3.95. The molecule has 1 saturated heterocycles. The largest absolute Gasteiger partial charge is 0.496 e. The van der Waals surface area contributed by atoms with Gasteiger partial charge in [-0.2, -0.15) is 0 Å². The lowest BCUT2D eigenvalue weighted by Gasteiger charge is -2.38. The Hall–Kier alpha value is -1.52. The second-order valence-electron chi connectivity index (χ2n) is 6.26. The molecule has 1 fully saturated rings. The van der Waals surface area contributed by atoms with E-state index >= 15 is 0 Å². The lowest BCUT2D eigenvalue weighted by molar-refractivity contribution is -0.0228. The average molecular weight is 284 g/mol. The highest BCUT2D eigenvalue weighted by Gasteiger charge is 2.38. The highest BCUT2D eigenvalue weighted by Crippen LogP contribution is 2.28. The van der Waals surface area contributed by atoms with E-state index in [4.69, 9.17) is 14.0 Å². The van der Waals surface area contributed by atoms with Gasteiger partial charge in [-0.3, -0.25) is 0 Å². The maximum Gasteiger partial charge on any atom is 0.495 e. The second-order valence-corrected chi connectivity index (χ2v) is 6.26. The van der Waals surface area contributed by atoms with Crippen molar-refractivity contribution in [2.75, 3.05) is 7.11 Å². The molecule has 0 amide bonds. The molecule has 0 saturated carbocycles. The molecule has 1 atom stereocenters. The van der Waals surface area contributed by atoms with E-state index < -0.39 is 0 Å². The van der Waals surface area contributed by atoms with Crippen molar-refractivity contribution in [2.45, 2.75) is 38.9 Å². The fourth-order valence-corrected chi connectivity index (χ4v) is 3.14. The Bertz CT molecular complexity index is 654. The van der Waals surface area contributed by atoms with Crippen molar-refractivity contribution < 1.29 is 14.0 Å². The third kappa shape index (κ3) is 2.78. The van der Waals surface area contributed by atoms with Crippen molar-refractivity contribution in [3.8, 4) is 5.75 Å². The zero-order valence-corrected chi connectivity index (χ0v) is 13.1. The fourth-order valence-electron chi connectivity index (χ4n) is 3.14. The number of fused-ring (bicyclic) bond motifs is 1. The van der Waals surface area contributed by atoms with Crippen LogP contribution in [0.4, 0.5) is 0 Å². The Balaban J connectivity index is 2.08. The van der Waals surface area contributed by atoms with E-state index in [2.05, 4.69) is 39.0 Å². The smallest absolute Gasteiger partial charge is 0.495 e. The molecule has 1 aliphatic rings. The van der Waals surface area contributed by atoms with Crippen LogP contribution in [0.1, 0.15) is 27.2 Å². The lowest BCUT2D eigenvalue weighted by atomic mass is 9.72. The van der Waals surface area contributed by atoms with Gasteiger partial charge in [0.1, 0.15) is 5.75 Å². The van der Waals surface area contributed by atoms with Gasteiger partial charge in [0.25, 0.3) is 0 Å². The van der Waals surface area contributed by atoms with Crippen LogP contribution in [-0.2, 0) is 9.31 Å². The van der Waals surface area contributed by atoms with E-state index in [1.165, 1.54) is 0 Å². The summed E-state index contributed by atoms with van der Waals surface area (Å²) in [6.45, 7) is 6.33. The Morgan fingerprint density at radius 1 is 1.14 bits per heavy atom. The van der Waals surface area contributed by atoms with E-state index in [1.807, 2.05) is 18.2 Å². The Labute approximate surface area is 126 Å². The van der Waals surface area contributed by atoms with Gasteiger partial charge in [-0.15, -0.1) is 0 Å². The highest BCUT2D eigenvalue weighted by atomic mass is 16.6. The molecule has 110 valence electrons. The first-order valence-electron chi connectivity index (χ1n) is 7.39. The van der Waals surface area contributed by atoms with Gasteiger partial charge in [-0.05, 0) is 44.1 Å². The van der Waals surface area contributed by atoms with Gasteiger partial charge in [0.05, 0.1) is 12.7 Å². The molecule has 0 aromatic heterocycles. The topological polar surface area (TPSA) is 27.7 Å². The minimum absolute atomic E-state index is 0.177. The van der Waals surface area contributed by atoms with Crippen LogP contribution >= 0.6 is 0 Å². The number of ether oxygens (including phenoxy) is 1. The summed E-state index contributed by atoms with van der Waals surface area (Å²) >= 11 is 0. The van der Waals surface area contributed by atoms with Crippen LogP contribution in [0, 0.1) is 0 Å². The van der Waals surface area contributed by atoms with Gasteiger partial charge in [0, 0.05) is 11.5 Å². The molecule has 3 nitrogen and oxygen atoms in total. The van der Waals surface area contributed by atoms with Gasteiger partial charge in [-0.1, -0.05) is 30.3 Å². The zero-order valence-electron chi connectivity index (χ0n) is 13.1. The third-order valence-corrected chi connectivity index (χ3v) is 3.95. The predicted molar refractivity (Wildman–Crippen MR) is 86.2 cm³/mol. The summed E-state index contributed by atoms with van der Waals surface area (Å²) in [4.78, 5) is 0. The summed E-state index contributed by atoms with van der Waals surface area (Å²) in [5, 5.41) is 2.20. The number of hydrogen-bond donors (Lipinski definition) is 0. The van der Waals surface area contributed by atoms with Crippen LogP contribution < -0.4 is 10.2 Å². The van der Waals surface area contributed by atoms with Gasteiger partial charge < -0.3 is 14.0 Å². The van der Waals surface area contributed by atoms with E-state index in [-0.39, 0.29) is 18.8 Å². The van der Waals surface area contributed by atoms with Gasteiger partial charge >= 0.3 is 7.12 Å². The molecule has 1 aliphatic heterocycles. The first-order chi connectivity index (χ1) is 10.00. The molecule has 4 heteroatoms. The molecule has 0 aliphatic carbocycles. The van der Waals surface area contributed by atoms with Crippen molar-refractivity contribution in [2.24, 2.45) is 0 Å². The van der Waals surface area contributed by atoms with Crippen LogP contribution in [0.5, 0.6) is 5.75 Å². The van der Waals surface area contributed by atoms with Crippen molar-refractivity contribution in [1.29, 1.82) is 0 Å². The number of rotatable bonds is 2. The summed E-state index contributed by atoms with van der Waals surface area (Å²) < 4.78 is 17.6. The van der Waals surface area contributed by atoms with Gasteiger partial charge in [0.15, 0.2) is 0 Å². The number of benzene rings is 2. The minimum atomic E-state index is -0.334. The summed E-state index contributed by atoms with van der Waals surface area (Å²) in [7, 11) is 1.36. The quantitative estimate of drug-likeness (QED) is 0.793. The summed E-state index contributed by atoms with van der Waals surface area (Å²) in [6.07, 6.45) is 1.08. The summed E-state index contributed by atoms with van der Waals surface area (Å²) in [5.41, 5.74) is 0.884. The molecule has 21 heavy (non-hydrogen) atoms. The highest BCUT2D eigenvalue weighted by molar-refractivity contribution is 6.64. The minimum Gasteiger partial charge on any atom is -0.496 e. The van der Waals surface area contributed by atoms with Crippen molar-refractivity contribution in [1.82, 2.24) is 0 Å². The average Bonchev–Trinajstić information content (AvgIpc) is 2.43. The summed E-state index contributed by atoms with van der Waals surface area (Å²) in [5.74, 6) is 0.873. The van der Waals surface area contributed by atoms with E-state index in [0.29, 0.717) is 0 Å². The second kappa shape index (κ2) is 5.36. The van der Waals surface area contributed by atoms with E-state index in [1.54, 1.807) is 7.11 Å². The molecule has 2 aromatic carbocycles. The molecular formula is C17H21BO3. The zero-order chi connectivity index (χ0) is 15.0. The van der Waals surface area contributed by atoms with Crippen molar-refractivity contribution in [3.05, 3.63) is 36.4 Å². The Morgan fingerprint density at radius 2 is 1.86 bits per heavy atom. The Morgan fingerprint density at radius 3 is 2.57 bits per heavy atom. The molecular weight excluding hydrogens is 263 g/mol. The monoisotopic (exact) mass is 284 g/mol. The van der Waals surface area contributed by atoms with Gasteiger partial charge in [0.2, 0.25) is 0 Å². The van der Waals surface area contributed by atoms with E-state index in [0.717, 1.165) is 28.4 Å². The SMILES string of the molecule is COc1cccc2c(B3OC(C)CC(C)(C)O3)cccc12. The summed E-state index contributed by atoms with van der Waals surface area (Å²) in [6, 6.07) is 12.2. The molecule has 0 bridgehead atoms. The van der Waals surface area contributed by atoms with E-state index in [9.17, 15) is 0 Å². The lowest BCUT2D eigenvalue weighted by Crippen LogP contribution is -2.51. The van der Waals surface area contributed by atoms with Crippen LogP contribution in [0.2, 0.25) is 0 Å². The molecule has 0 spiro atoms. The van der Waals surface area contributed by atoms with Gasteiger partial charge in [-0.25, -0.2) is 0 Å². The van der Waals surface area contributed by atoms with Crippen LogP contribution in [0.15, 0.2) is 36.4 Å². The normalized spacial score (nSPS) is 21.5. The fraction of sp³-hybridized carbons (Fsp3) is 0.412. The predicted octanol–water partition coefficient (Wildman–Crippen LogP) is 3.15. The maximum absolute atomic E-state index is 6.15. The molecule has 2 aromatic rings.